The molecular formula is C15H8ClF3O4. The number of phenols is 1. The summed E-state index contributed by atoms with van der Waals surface area (Å²) in [6.07, 6.45) is 0. The summed E-state index contributed by atoms with van der Waals surface area (Å²) < 4.78 is 41.3. The van der Waals surface area contributed by atoms with Crippen LogP contribution in [0.1, 0.15) is 20.7 Å². The second-order valence-electron chi connectivity index (χ2n) is 4.35. The average molecular weight is 345 g/mol. The van der Waals surface area contributed by atoms with Gasteiger partial charge in [0.15, 0.2) is 11.6 Å². The number of ketones is 2. The molecule has 120 valence electrons. The predicted octanol–water partition coefficient (Wildman–Crippen LogP) is 3.85. The van der Waals surface area contributed by atoms with Crippen molar-refractivity contribution in [1.29, 1.82) is 0 Å². The predicted molar refractivity (Wildman–Crippen MR) is 74.8 cm³/mol. The van der Waals surface area contributed by atoms with Gasteiger partial charge in [-0.15, -0.1) is 0 Å². The molecule has 0 atom stereocenters. The van der Waals surface area contributed by atoms with Gasteiger partial charge in [0, 0.05) is 11.1 Å². The van der Waals surface area contributed by atoms with Crippen LogP contribution in [0.25, 0.3) is 0 Å². The van der Waals surface area contributed by atoms with E-state index in [4.69, 9.17) is 11.6 Å². The number of ether oxygens (including phenoxy) is 1. The normalized spacial score (nSPS) is 10.7. The molecule has 2 rings (SSSR count). The van der Waals surface area contributed by atoms with Gasteiger partial charge in [-0.2, -0.15) is 8.78 Å². The highest BCUT2D eigenvalue weighted by molar-refractivity contribution is 6.49. The van der Waals surface area contributed by atoms with E-state index >= 15 is 0 Å². The molecule has 0 amide bonds. The van der Waals surface area contributed by atoms with Crippen LogP contribution in [0.15, 0.2) is 36.4 Å². The third kappa shape index (κ3) is 3.81. The lowest BCUT2D eigenvalue weighted by atomic mass is 10.0. The second-order valence-corrected chi connectivity index (χ2v) is 4.76. The van der Waals surface area contributed by atoms with Crippen molar-refractivity contribution in [2.45, 2.75) is 6.61 Å². The van der Waals surface area contributed by atoms with Crippen molar-refractivity contribution in [3.05, 3.63) is 58.4 Å². The molecule has 0 saturated carbocycles. The molecule has 0 aliphatic heterocycles. The largest absolute Gasteiger partial charge is 0.505 e. The smallest absolute Gasteiger partial charge is 0.387 e. The molecule has 0 fully saturated rings. The maximum atomic E-state index is 12.9. The van der Waals surface area contributed by atoms with Crippen LogP contribution in [-0.2, 0) is 0 Å². The summed E-state index contributed by atoms with van der Waals surface area (Å²) in [5.74, 6) is -4.07. The number of carbonyl (C=O) groups excluding carboxylic acids is 2. The van der Waals surface area contributed by atoms with Gasteiger partial charge >= 0.3 is 6.61 Å². The van der Waals surface area contributed by atoms with Gasteiger partial charge in [-0.1, -0.05) is 11.6 Å². The fourth-order valence-electron chi connectivity index (χ4n) is 1.75. The Kier molecular flexibility index (Phi) is 4.90. The molecule has 2 aromatic carbocycles. The van der Waals surface area contributed by atoms with Crippen molar-refractivity contribution in [1.82, 2.24) is 0 Å². The third-order valence-corrected chi connectivity index (χ3v) is 3.12. The molecule has 0 aromatic heterocycles. The van der Waals surface area contributed by atoms with Crippen molar-refractivity contribution < 1.29 is 32.6 Å². The quantitative estimate of drug-likeness (QED) is 0.661. The van der Waals surface area contributed by atoms with Crippen LogP contribution in [0.5, 0.6) is 11.5 Å². The maximum absolute atomic E-state index is 12.9. The van der Waals surface area contributed by atoms with E-state index in [1.165, 1.54) is 0 Å². The standard InChI is InChI=1S/C15H8ClF3O4/c16-9-5-7(2-4-12(9)23-15(18)19)13(21)14(22)8-1-3-10(17)11(20)6-8/h1-6,15,20H. The molecule has 8 heteroatoms. The molecule has 0 aliphatic rings. The molecule has 0 radical (unpaired) electrons. The van der Waals surface area contributed by atoms with Gasteiger partial charge in [0.05, 0.1) is 5.02 Å². The van der Waals surface area contributed by atoms with Crippen molar-refractivity contribution in [2.24, 2.45) is 0 Å². The molecule has 0 saturated heterocycles. The fraction of sp³-hybridized carbons (Fsp3) is 0.0667. The number of hydrogen-bond donors (Lipinski definition) is 1. The van der Waals surface area contributed by atoms with Gasteiger partial charge in [0.2, 0.25) is 11.6 Å². The first-order valence-corrected chi connectivity index (χ1v) is 6.49. The molecule has 0 bridgehead atoms. The number of halogens is 4. The monoisotopic (exact) mass is 344 g/mol. The van der Waals surface area contributed by atoms with Gasteiger partial charge in [0.1, 0.15) is 5.75 Å². The highest BCUT2D eigenvalue weighted by Crippen LogP contribution is 2.27. The maximum Gasteiger partial charge on any atom is 0.387 e. The van der Waals surface area contributed by atoms with E-state index in [2.05, 4.69) is 4.74 Å². The van der Waals surface area contributed by atoms with E-state index in [9.17, 15) is 27.9 Å². The number of benzene rings is 2. The fourth-order valence-corrected chi connectivity index (χ4v) is 1.97. The average Bonchev–Trinajstić information content (AvgIpc) is 2.50. The van der Waals surface area contributed by atoms with Crippen LogP contribution in [-0.4, -0.2) is 23.3 Å². The number of rotatable bonds is 5. The number of Topliss-reactive ketones (excluding diaryl/α,β-unsaturated/α-hetero) is 2. The van der Waals surface area contributed by atoms with Crippen LogP contribution >= 0.6 is 11.6 Å². The van der Waals surface area contributed by atoms with Crippen LogP contribution in [0.4, 0.5) is 13.2 Å². The zero-order chi connectivity index (χ0) is 17.1. The van der Waals surface area contributed by atoms with Gasteiger partial charge in [-0.05, 0) is 36.4 Å². The first-order valence-electron chi connectivity index (χ1n) is 6.11. The summed E-state index contributed by atoms with van der Waals surface area (Å²) in [5, 5.41) is 8.95. The van der Waals surface area contributed by atoms with E-state index in [0.29, 0.717) is 0 Å². The number of phenolic OH excluding ortho intramolecular Hbond substituents is 1. The van der Waals surface area contributed by atoms with E-state index < -0.39 is 29.7 Å². The summed E-state index contributed by atoms with van der Waals surface area (Å²) in [5.41, 5.74) is -0.386. The molecule has 0 spiro atoms. The summed E-state index contributed by atoms with van der Waals surface area (Å²) in [4.78, 5) is 24.1. The van der Waals surface area contributed by atoms with Crippen molar-refractivity contribution >= 4 is 23.2 Å². The van der Waals surface area contributed by atoms with Crippen molar-refractivity contribution in [3.63, 3.8) is 0 Å². The lowest BCUT2D eigenvalue weighted by Crippen LogP contribution is -2.14. The molecule has 2 aromatic rings. The Morgan fingerprint density at radius 2 is 1.61 bits per heavy atom. The Morgan fingerprint density at radius 3 is 2.13 bits per heavy atom. The Morgan fingerprint density at radius 1 is 1.04 bits per heavy atom. The van der Waals surface area contributed by atoms with Crippen LogP contribution in [0, 0.1) is 5.82 Å². The minimum atomic E-state index is -3.09. The number of aromatic hydroxyl groups is 1. The molecule has 0 unspecified atom stereocenters. The minimum absolute atomic E-state index is 0.162. The third-order valence-electron chi connectivity index (χ3n) is 2.82. The Bertz CT molecular complexity index is 777. The van der Waals surface area contributed by atoms with E-state index in [-0.39, 0.29) is 21.9 Å². The molecule has 0 heterocycles. The summed E-state index contributed by atoms with van der Waals surface area (Å²) in [6.45, 7) is -3.09. The molecule has 0 aliphatic carbocycles. The number of alkyl halides is 2. The van der Waals surface area contributed by atoms with E-state index in [1.807, 2.05) is 0 Å². The van der Waals surface area contributed by atoms with Gasteiger partial charge in [-0.25, -0.2) is 4.39 Å². The Balaban J connectivity index is 2.27. The van der Waals surface area contributed by atoms with Gasteiger partial charge in [0.25, 0.3) is 0 Å². The first kappa shape index (κ1) is 16.8. The molecule has 23 heavy (non-hydrogen) atoms. The van der Waals surface area contributed by atoms with Crippen molar-refractivity contribution in [2.75, 3.05) is 0 Å². The van der Waals surface area contributed by atoms with Crippen LogP contribution < -0.4 is 4.74 Å². The second kappa shape index (κ2) is 6.70. The lowest BCUT2D eigenvalue weighted by Gasteiger charge is -2.08. The van der Waals surface area contributed by atoms with Gasteiger partial charge < -0.3 is 9.84 Å². The van der Waals surface area contributed by atoms with E-state index in [1.54, 1.807) is 0 Å². The van der Waals surface area contributed by atoms with E-state index in [0.717, 1.165) is 36.4 Å². The summed E-state index contributed by atoms with van der Waals surface area (Å²) in [6, 6.07) is 5.80. The molecular weight excluding hydrogens is 337 g/mol. The first-order chi connectivity index (χ1) is 10.8. The summed E-state index contributed by atoms with van der Waals surface area (Å²) in [7, 11) is 0. The SMILES string of the molecule is O=C(C(=O)c1ccc(OC(F)F)c(Cl)c1)c1ccc(F)c(O)c1. The topological polar surface area (TPSA) is 63.6 Å². The Labute approximate surface area is 133 Å². The Hall–Kier alpha value is -2.54. The molecule has 1 N–H and O–H groups in total. The lowest BCUT2D eigenvalue weighted by molar-refractivity contribution is -0.0497. The number of carbonyl (C=O) groups is 2. The summed E-state index contributed by atoms with van der Waals surface area (Å²) >= 11 is 5.70. The zero-order valence-corrected chi connectivity index (χ0v) is 12.0. The highest BCUT2D eigenvalue weighted by Gasteiger charge is 2.21. The van der Waals surface area contributed by atoms with Crippen LogP contribution in [0.2, 0.25) is 5.02 Å². The van der Waals surface area contributed by atoms with Gasteiger partial charge in [-0.3, -0.25) is 9.59 Å². The van der Waals surface area contributed by atoms with Crippen LogP contribution in [0.3, 0.4) is 0 Å². The zero-order valence-electron chi connectivity index (χ0n) is 11.2. The molecule has 4 nitrogen and oxygen atoms in total. The van der Waals surface area contributed by atoms with Crippen molar-refractivity contribution in [3.8, 4) is 11.5 Å². The highest BCUT2D eigenvalue weighted by atomic mass is 35.5. The minimum Gasteiger partial charge on any atom is -0.505 e. The number of hydrogen-bond acceptors (Lipinski definition) is 4.